The normalized spacial score (nSPS) is 11.0. The van der Waals surface area contributed by atoms with Gasteiger partial charge in [-0.05, 0) is 55.2 Å². The van der Waals surface area contributed by atoms with E-state index in [-0.39, 0.29) is 0 Å². The average molecular weight is 362 g/mol. The minimum Gasteiger partial charge on any atom is -0.144 e. The molecule has 0 nitrogen and oxygen atoms in total. The molecule has 1 aromatic heterocycles. The summed E-state index contributed by atoms with van der Waals surface area (Å²) in [5, 5.41) is 11.5. The molecule has 0 amide bonds. The molecule has 0 bridgehead atoms. The summed E-state index contributed by atoms with van der Waals surface area (Å²) < 4.78 is 1.37. The summed E-state index contributed by atoms with van der Waals surface area (Å²) in [6.45, 7) is 0. The molecule has 0 aliphatic heterocycles. The van der Waals surface area contributed by atoms with Gasteiger partial charge in [0.05, 0.1) is 0 Å². The van der Waals surface area contributed by atoms with Crippen molar-refractivity contribution in [2.24, 2.45) is 0 Å². The fourth-order valence-corrected chi connectivity index (χ4v) is 4.56. The summed E-state index contributed by atoms with van der Waals surface area (Å²) in [6.07, 6.45) is 0. The number of fused-ring (bicyclic) bond motifs is 7. The highest BCUT2D eigenvalue weighted by molar-refractivity contribution is 7.17. The smallest absolute Gasteiger partial charge is 0.0342 e. The molecular weight excluding hydrogens is 344 g/mol. The van der Waals surface area contributed by atoms with Gasteiger partial charge in [0.25, 0.3) is 0 Å². The van der Waals surface area contributed by atoms with E-state index in [1.54, 1.807) is 11.3 Å². The molecule has 0 saturated heterocycles. The molecule has 6 aromatic rings. The van der Waals surface area contributed by atoms with Crippen molar-refractivity contribution in [3.8, 4) is 0 Å². The Kier molecular flexibility index (Phi) is 4.08. The van der Waals surface area contributed by atoms with Crippen molar-refractivity contribution < 1.29 is 0 Å². The molecule has 0 saturated carbocycles. The fraction of sp³-hybridized carbons (Fsp3) is 0. The molecule has 0 radical (unpaired) electrons. The van der Waals surface area contributed by atoms with Crippen LogP contribution in [0.2, 0.25) is 0 Å². The molecule has 0 aliphatic carbocycles. The van der Waals surface area contributed by atoms with E-state index in [1.807, 2.05) is 0 Å². The van der Waals surface area contributed by atoms with Crippen LogP contribution >= 0.6 is 11.3 Å². The number of rotatable bonds is 0. The second-order valence-electron chi connectivity index (χ2n) is 6.60. The molecule has 1 heterocycles. The summed E-state index contributed by atoms with van der Waals surface area (Å²) in [5.41, 5.74) is 0. The molecule has 5 aromatic carbocycles. The van der Waals surface area contributed by atoms with Gasteiger partial charge in [-0.2, -0.15) is 0 Å². The van der Waals surface area contributed by atoms with Gasteiger partial charge in [0.1, 0.15) is 0 Å². The molecule has 128 valence electrons. The van der Waals surface area contributed by atoms with E-state index >= 15 is 0 Å². The SMILES string of the molecule is c1ccc2c(c1)c1ccccc1c1ccccc21.c1ccc2sccc2c1. The quantitative estimate of drug-likeness (QED) is 0.240. The first-order chi connectivity index (χ1) is 13.4. The third-order valence-corrected chi connectivity index (χ3v) is 5.91. The molecule has 0 N–H and O–H groups in total. The largest absolute Gasteiger partial charge is 0.144 e. The van der Waals surface area contributed by atoms with Crippen LogP contribution in [0.25, 0.3) is 42.4 Å². The Hall–Kier alpha value is -3.16. The summed E-state index contributed by atoms with van der Waals surface area (Å²) >= 11 is 1.79. The molecule has 0 aliphatic rings. The van der Waals surface area contributed by atoms with Crippen LogP contribution < -0.4 is 0 Å². The van der Waals surface area contributed by atoms with E-state index < -0.39 is 0 Å². The summed E-state index contributed by atoms with van der Waals surface area (Å²) in [6, 6.07) is 36.5. The summed E-state index contributed by atoms with van der Waals surface area (Å²) in [4.78, 5) is 0. The van der Waals surface area contributed by atoms with Crippen molar-refractivity contribution in [3.63, 3.8) is 0 Å². The van der Waals surface area contributed by atoms with Gasteiger partial charge in [-0.3, -0.25) is 0 Å². The van der Waals surface area contributed by atoms with E-state index in [1.165, 1.54) is 42.4 Å². The molecule has 0 fully saturated rings. The Morgan fingerprint density at radius 2 is 0.741 bits per heavy atom. The first kappa shape index (κ1) is 16.0. The van der Waals surface area contributed by atoms with Gasteiger partial charge in [0.2, 0.25) is 0 Å². The zero-order valence-electron chi connectivity index (χ0n) is 14.8. The Labute approximate surface area is 162 Å². The third kappa shape index (κ3) is 2.87. The number of hydrogen-bond acceptors (Lipinski definition) is 1. The molecule has 0 spiro atoms. The highest BCUT2D eigenvalue weighted by Crippen LogP contribution is 2.34. The lowest BCUT2D eigenvalue weighted by molar-refractivity contribution is 1.77. The van der Waals surface area contributed by atoms with E-state index in [9.17, 15) is 0 Å². The molecule has 0 unspecified atom stereocenters. The third-order valence-electron chi connectivity index (χ3n) is 5.01. The van der Waals surface area contributed by atoms with Gasteiger partial charge < -0.3 is 0 Å². The molecule has 6 rings (SSSR count). The second kappa shape index (κ2) is 6.86. The minimum atomic E-state index is 1.34. The standard InChI is InChI=1S/C18H12.C8H6S/c1-2-8-14-13(7-1)15-9-3-4-11-17(15)18-12-6-5-10-16(14)18;1-2-4-8-7(3-1)5-6-9-8/h1-12H;1-6H. The monoisotopic (exact) mass is 362 g/mol. The number of benzene rings is 5. The van der Waals surface area contributed by atoms with E-state index in [0.29, 0.717) is 0 Å². The van der Waals surface area contributed by atoms with Crippen LogP contribution in [0, 0.1) is 0 Å². The van der Waals surface area contributed by atoms with Gasteiger partial charge in [-0.1, -0.05) is 91.0 Å². The highest BCUT2D eigenvalue weighted by atomic mass is 32.1. The maximum Gasteiger partial charge on any atom is 0.0342 e. The Bertz CT molecular complexity index is 1120. The van der Waals surface area contributed by atoms with Crippen LogP contribution in [0.15, 0.2) is 109 Å². The molecule has 0 atom stereocenters. The van der Waals surface area contributed by atoms with Crippen LogP contribution in [0.4, 0.5) is 0 Å². The summed E-state index contributed by atoms with van der Waals surface area (Å²) in [7, 11) is 0. The van der Waals surface area contributed by atoms with Crippen molar-refractivity contribution >= 4 is 53.7 Å². The van der Waals surface area contributed by atoms with Crippen molar-refractivity contribution in [2.75, 3.05) is 0 Å². The number of thiophene rings is 1. The lowest BCUT2D eigenvalue weighted by Gasteiger charge is -2.09. The molecule has 1 heteroatoms. The van der Waals surface area contributed by atoms with Crippen molar-refractivity contribution in [1.29, 1.82) is 0 Å². The minimum absolute atomic E-state index is 1.34. The van der Waals surface area contributed by atoms with Crippen molar-refractivity contribution in [1.82, 2.24) is 0 Å². The maximum atomic E-state index is 2.21. The van der Waals surface area contributed by atoms with Gasteiger partial charge in [-0.15, -0.1) is 11.3 Å². The average Bonchev–Trinajstić information content (AvgIpc) is 3.23. The van der Waals surface area contributed by atoms with Crippen molar-refractivity contribution in [2.45, 2.75) is 0 Å². The van der Waals surface area contributed by atoms with Crippen molar-refractivity contribution in [3.05, 3.63) is 109 Å². The lowest BCUT2D eigenvalue weighted by atomic mass is 9.95. The predicted molar refractivity (Wildman–Crippen MR) is 121 cm³/mol. The maximum absolute atomic E-state index is 2.21. The van der Waals surface area contributed by atoms with E-state index in [4.69, 9.17) is 0 Å². The van der Waals surface area contributed by atoms with Gasteiger partial charge in [0, 0.05) is 4.70 Å². The van der Waals surface area contributed by atoms with Gasteiger partial charge in [0.15, 0.2) is 0 Å². The fourth-order valence-electron chi connectivity index (χ4n) is 3.76. The van der Waals surface area contributed by atoms with Gasteiger partial charge >= 0.3 is 0 Å². The zero-order chi connectivity index (χ0) is 18.1. The Morgan fingerprint density at radius 3 is 1.15 bits per heavy atom. The highest BCUT2D eigenvalue weighted by Gasteiger charge is 2.06. The van der Waals surface area contributed by atoms with E-state index in [2.05, 4.69) is 109 Å². The van der Waals surface area contributed by atoms with Crippen LogP contribution in [0.3, 0.4) is 0 Å². The molecule has 27 heavy (non-hydrogen) atoms. The van der Waals surface area contributed by atoms with Crippen LogP contribution in [-0.4, -0.2) is 0 Å². The van der Waals surface area contributed by atoms with Crippen LogP contribution in [0.1, 0.15) is 0 Å². The van der Waals surface area contributed by atoms with Crippen LogP contribution in [0.5, 0.6) is 0 Å². The zero-order valence-corrected chi connectivity index (χ0v) is 15.6. The topological polar surface area (TPSA) is 0 Å². The van der Waals surface area contributed by atoms with Gasteiger partial charge in [-0.25, -0.2) is 0 Å². The summed E-state index contributed by atoms with van der Waals surface area (Å²) in [5.74, 6) is 0. The Balaban J connectivity index is 0.000000149. The Morgan fingerprint density at radius 1 is 0.370 bits per heavy atom. The second-order valence-corrected chi connectivity index (χ2v) is 7.54. The van der Waals surface area contributed by atoms with E-state index in [0.717, 1.165) is 0 Å². The lowest BCUT2D eigenvalue weighted by Crippen LogP contribution is -1.81. The number of hydrogen-bond donors (Lipinski definition) is 0. The first-order valence-corrected chi connectivity index (χ1v) is 10.0. The van der Waals surface area contributed by atoms with Crippen LogP contribution in [-0.2, 0) is 0 Å². The predicted octanol–water partition coefficient (Wildman–Crippen LogP) is 8.05. The first-order valence-electron chi connectivity index (χ1n) is 9.12. The molecular formula is C26H18S.